The van der Waals surface area contributed by atoms with Crippen molar-refractivity contribution in [3.8, 4) is 5.88 Å². The van der Waals surface area contributed by atoms with Gasteiger partial charge in [0.1, 0.15) is 0 Å². The second kappa shape index (κ2) is 9.91. The highest BCUT2D eigenvalue weighted by Gasteiger charge is 2.20. The van der Waals surface area contributed by atoms with Crippen LogP contribution in [0.15, 0.2) is 82.8 Å². The monoisotopic (exact) mass is 474 g/mol. The van der Waals surface area contributed by atoms with Gasteiger partial charge < -0.3 is 15.0 Å². The molecule has 2 N–H and O–H groups in total. The number of nitrogens with zero attached hydrogens (tertiary/aromatic N) is 3. The molecule has 0 aliphatic rings. The number of aromatic nitrogens is 1. The summed E-state index contributed by atoms with van der Waals surface area (Å²) in [5.41, 5.74) is 3.80. The van der Waals surface area contributed by atoms with Gasteiger partial charge in [-0.2, -0.15) is 0 Å². The van der Waals surface area contributed by atoms with Crippen LogP contribution in [0.2, 0.25) is 0 Å². The van der Waals surface area contributed by atoms with Crippen molar-refractivity contribution >= 4 is 45.7 Å². The summed E-state index contributed by atoms with van der Waals surface area (Å²) < 4.78 is 0. The SMILES string of the molecule is CN(C)CC(Cl)=Cc1ccc(N=C(c2ccccc2)c2c(O)[nH]c3ccc([N+](=O)[O-])cc23)cc1. The topological polar surface area (TPSA) is 94.8 Å². The van der Waals surface area contributed by atoms with Gasteiger partial charge in [-0.1, -0.05) is 54.1 Å². The van der Waals surface area contributed by atoms with Crippen molar-refractivity contribution in [1.29, 1.82) is 0 Å². The molecule has 8 heteroatoms. The van der Waals surface area contributed by atoms with Crippen LogP contribution in [0.4, 0.5) is 11.4 Å². The number of H-pyrrole nitrogens is 1. The number of halogens is 1. The normalized spacial score (nSPS) is 12.5. The fourth-order valence-electron chi connectivity index (χ4n) is 3.68. The number of nitro groups is 1. The van der Waals surface area contributed by atoms with Gasteiger partial charge in [-0.3, -0.25) is 10.1 Å². The lowest BCUT2D eigenvalue weighted by atomic mass is 10.0. The lowest BCUT2D eigenvalue weighted by molar-refractivity contribution is -0.384. The quantitative estimate of drug-likeness (QED) is 0.192. The molecule has 1 aromatic heterocycles. The van der Waals surface area contributed by atoms with Crippen molar-refractivity contribution in [2.24, 2.45) is 4.99 Å². The van der Waals surface area contributed by atoms with E-state index in [2.05, 4.69) is 4.98 Å². The first-order valence-electron chi connectivity index (χ1n) is 10.6. The lowest BCUT2D eigenvalue weighted by Gasteiger charge is -2.09. The molecule has 4 aromatic rings. The number of benzene rings is 3. The summed E-state index contributed by atoms with van der Waals surface area (Å²) in [5.74, 6) is -0.104. The van der Waals surface area contributed by atoms with Crippen LogP contribution >= 0.6 is 11.6 Å². The molecule has 34 heavy (non-hydrogen) atoms. The summed E-state index contributed by atoms with van der Waals surface area (Å²) in [7, 11) is 3.90. The molecule has 0 saturated heterocycles. The van der Waals surface area contributed by atoms with E-state index in [9.17, 15) is 15.2 Å². The molecule has 0 spiro atoms. The van der Waals surface area contributed by atoms with Crippen molar-refractivity contribution in [1.82, 2.24) is 9.88 Å². The Morgan fingerprint density at radius 3 is 2.47 bits per heavy atom. The van der Waals surface area contributed by atoms with Gasteiger partial charge in [-0.15, -0.1) is 0 Å². The molecule has 0 unspecified atom stereocenters. The summed E-state index contributed by atoms with van der Waals surface area (Å²) in [5, 5.41) is 23.3. The van der Waals surface area contributed by atoms with E-state index in [1.165, 1.54) is 12.1 Å². The molecule has 0 bridgehead atoms. The maximum Gasteiger partial charge on any atom is 0.270 e. The van der Waals surface area contributed by atoms with E-state index < -0.39 is 4.92 Å². The Bertz CT molecular complexity index is 1390. The van der Waals surface area contributed by atoms with Gasteiger partial charge >= 0.3 is 0 Å². The minimum atomic E-state index is -0.458. The molecule has 0 aliphatic carbocycles. The molecule has 7 nitrogen and oxygen atoms in total. The van der Waals surface area contributed by atoms with Crippen molar-refractivity contribution in [3.05, 3.63) is 105 Å². The molecule has 1 heterocycles. The summed E-state index contributed by atoms with van der Waals surface area (Å²) in [6.45, 7) is 0.644. The van der Waals surface area contributed by atoms with Gasteiger partial charge in [0.2, 0.25) is 0 Å². The Balaban J connectivity index is 1.82. The molecule has 3 aromatic carbocycles. The maximum atomic E-state index is 11.3. The van der Waals surface area contributed by atoms with Crippen molar-refractivity contribution < 1.29 is 10.0 Å². The predicted molar refractivity (Wildman–Crippen MR) is 137 cm³/mol. The zero-order valence-corrected chi connectivity index (χ0v) is 19.5. The highest BCUT2D eigenvalue weighted by Crippen LogP contribution is 2.33. The standard InChI is InChI=1S/C26H23ClN4O3/c1-30(2)16-19(27)14-17-8-10-20(11-9-17)28-25(18-6-4-3-5-7-18)24-22-15-21(31(33)34)12-13-23(22)29-26(24)32/h3-15,29,32H,16H2,1-2H3. The molecule has 0 radical (unpaired) electrons. The third-order valence-corrected chi connectivity index (χ3v) is 5.41. The number of aromatic amines is 1. The van der Waals surface area contributed by atoms with Crippen LogP contribution < -0.4 is 0 Å². The number of fused-ring (bicyclic) bond motifs is 1. The zero-order chi connectivity index (χ0) is 24.2. The number of rotatable bonds is 7. The maximum absolute atomic E-state index is 11.3. The van der Waals surface area contributed by atoms with Crippen LogP contribution in [0.1, 0.15) is 16.7 Å². The second-order valence-electron chi connectivity index (χ2n) is 8.08. The Labute approximate surface area is 201 Å². The van der Waals surface area contributed by atoms with Crippen molar-refractivity contribution in [2.75, 3.05) is 20.6 Å². The number of aromatic hydroxyl groups is 1. The molecule has 0 fully saturated rings. The summed E-state index contributed by atoms with van der Waals surface area (Å²) in [6, 6.07) is 21.4. The summed E-state index contributed by atoms with van der Waals surface area (Å²) >= 11 is 6.30. The number of non-ortho nitro benzene ring substituents is 1. The minimum Gasteiger partial charge on any atom is -0.494 e. The van der Waals surface area contributed by atoms with Crippen molar-refractivity contribution in [2.45, 2.75) is 0 Å². The number of aliphatic imine (C=N–C) groups is 1. The van der Waals surface area contributed by atoms with E-state index in [-0.39, 0.29) is 11.6 Å². The molecular weight excluding hydrogens is 452 g/mol. The number of nitrogens with one attached hydrogen (secondary N) is 1. The van der Waals surface area contributed by atoms with Crippen LogP contribution in [0, 0.1) is 10.1 Å². The van der Waals surface area contributed by atoms with Gasteiger partial charge in [0, 0.05) is 40.2 Å². The molecule has 0 atom stereocenters. The lowest BCUT2D eigenvalue weighted by Crippen LogP contribution is -2.12. The van der Waals surface area contributed by atoms with Crippen LogP contribution in [0.5, 0.6) is 5.88 Å². The number of nitro benzene ring substituents is 1. The average molecular weight is 475 g/mol. The fraction of sp³-hybridized carbons (Fsp3) is 0.115. The Hall–Kier alpha value is -3.94. The third kappa shape index (κ3) is 5.17. The number of hydrogen-bond acceptors (Lipinski definition) is 5. The highest BCUT2D eigenvalue weighted by atomic mass is 35.5. The largest absolute Gasteiger partial charge is 0.494 e. The Morgan fingerprint density at radius 2 is 1.82 bits per heavy atom. The molecule has 0 aliphatic heterocycles. The molecule has 0 saturated carbocycles. The minimum absolute atomic E-state index is 0.0640. The van der Waals surface area contributed by atoms with E-state index in [0.717, 1.165) is 16.2 Å². The van der Waals surface area contributed by atoms with E-state index in [4.69, 9.17) is 16.6 Å². The van der Waals surface area contributed by atoms with Gasteiger partial charge in [0.25, 0.3) is 5.69 Å². The van der Waals surface area contributed by atoms with Gasteiger partial charge in [-0.05, 0) is 43.9 Å². The first-order valence-corrected chi connectivity index (χ1v) is 10.9. The van der Waals surface area contributed by atoms with E-state index in [0.29, 0.717) is 34.4 Å². The summed E-state index contributed by atoms with van der Waals surface area (Å²) in [4.78, 5) is 20.6. The van der Waals surface area contributed by atoms with Gasteiger partial charge in [-0.25, -0.2) is 4.99 Å². The van der Waals surface area contributed by atoms with Crippen LogP contribution in [-0.2, 0) is 0 Å². The second-order valence-corrected chi connectivity index (χ2v) is 8.57. The zero-order valence-electron chi connectivity index (χ0n) is 18.7. The van der Waals surface area contributed by atoms with E-state index in [1.54, 1.807) is 6.07 Å². The fourth-order valence-corrected chi connectivity index (χ4v) is 4.05. The van der Waals surface area contributed by atoms with Crippen LogP contribution in [-0.4, -0.2) is 46.3 Å². The van der Waals surface area contributed by atoms with Crippen LogP contribution in [0.25, 0.3) is 17.0 Å². The molecular formula is C26H23ClN4O3. The molecule has 4 rings (SSSR count). The molecule has 0 amide bonds. The van der Waals surface area contributed by atoms with Gasteiger partial charge in [0.05, 0.1) is 21.9 Å². The van der Waals surface area contributed by atoms with Gasteiger partial charge in [0.15, 0.2) is 5.88 Å². The van der Waals surface area contributed by atoms with Crippen molar-refractivity contribution in [3.63, 3.8) is 0 Å². The molecule has 172 valence electrons. The number of likely N-dealkylation sites (N-methyl/N-ethyl adjacent to an activating group) is 1. The van der Waals surface area contributed by atoms with E-state index in [1.807, 2.05) is 79.7 Å². The summed E-state index contributed by atoms with van der Waals surface area (Å²) in [6.07, 6.45) is 1.90. The Morgan fingerprint density at radius 1 is 1.12 bits per heavy atom. The Kier molecular flexibility index (Phi) is 6.77. The van der Waals surface area contributed by atoms with Crippen LogP contribution in [0.3, 0.4) is 0 Å². The third-order valence-electron chi connectivity index (χ3n) is 5.18. The first kappa shape index (κ1) is 23.2. The number of hydrogen-bond donors (Lipinski definition) is 2. The average Bonchev–Trinajstić information content (AvgIpc) is 3.13. The predicted octanol–water partition coefficient (Wildman–Crippen LogP) is 6.09. The first-order chi connectivity index (χ1) is 16.3. The highest BCUT2D eigenvalue weighted by molar-refractivity contribution is 6.31. The van der Waals surface area contributed by atoms with E-state index >= 15 is 0 Å². The smallest absolute Gasteiger partial charge is 0.270 e.